The van der Waals surface area contributed by atoms with Crippen molar-refractivity contribution >= 4 is 49.1 Å². The van der Waals surface area contributed by atoms with Crippen LogP contribution < -0.4 is 4.74 Å². The van der Waals surface area contributed by atoms with Crippen molar-refractivity contribution in [3.63, 3.8) is 0 Å². The van der Waals surface area contributed by atoms with Crippen molar-refractivity contribution in [2.45, 2.75) is 0 Å². The minimum atomic E-state index is -0.545. The first kappa shape index (κ1) is 14.2. The molecule has 0 radical (unpaired) electrons. The number of benzene rings is 1. The number of nitro groups is 1. The van der Waals surface area contributed by atoms with Crippen LogP contribution in [0, 0.1) is 10.1 Å². The number of rotatable bonds is 3. The van der Waals surface area contributed by atoms with E-state index in [2.05, 4.69) is 41.8 Å². The van der Waals surface area contributed by atoms with Gasteiger partial charge in [-0.05, 0) is 28.1 Å². The highest BCUT2D eigenvalue weighted by Gasteiger charge is 2.18. The van der Waals surface area contributed by atoms with Gasteiger partial charge in [-0.2, -0.15) is 0 Å². The van der Waals surface area contributed by atoms with Crippen molar-refractivity contribution in [3.8, 4) is 11.6 Å². The molecular formula is C10H4Br2ClN3O3. The summed E-state index contributed by atoms with van der Waals surface area (Å²) in [6.45, 7) is 0. The van der Waals surface area contributed by atoms with Gasteiger partial charge in [-0.15, -0.1) is 0 Å². The molecule has 9 heteroatoms. The first-order valence-electron chi connectivity index (χ1n) is 4.77. The van der Waals surface area contributed by atoms with E-state index in [9.17, 15) is 10.1 Å². The van der Waals surface area contributed by atoms with Crippen LogP contribution in [0.3, 0.4) is 0 Å². The molecule has 19 heavy (non-hydrogen) atoms. The van der Waals surface area contributed by atoms with Gasteiger partial charge < -0.3 is 4.74 Å². The van der Waals surface area contributed by atoms with Crippen LogP contribution >= 0.6 is 43.5 Å². The Morgan fingerprint density at radius 1 is 1.32 bits per heavy atom. The lowest BCUT2D eigenvalue weighted by Gasteiger charge is -2.07. The zero-order valence-corrected chi connectivity index (χ0v) is 12.9. The number of hydrogen-bond acceptors (Lipinski definition) is 5. The highest BCUT2D eigenvalue weighted by atomic mass is 79.9. The van der Waals surface area contributed by atoms with E-state index in [4.69, 9.17) is 16.3 Å². The highest BCUT2D eigenvalue weighted by Crippen LogP contribution is 2.36. The van der Waals surface area contributed by atoms with Crippen molar-refractivity contribution in [2.24, 2.45) is 0 Å². The zero-order valence-electron chi connectivity index (χ0n) is 9.01. The summed E-state index contributed by atoms with van der Waals surface area (Å²) in [6, 6.07) is 4.43. The predicted molar refractivity (Wildman–Crippen MR) is 75.6 cm³/mol. The lowest BCUT2D eigenvalue weighted by atomic mass is 10.3. The molecule has 98 valence electrons. The van der Waals surface area contributed by atoms with E-state index in [1.54, 1.807) is 6.07 Å². The quantitative estimate of drug-likeness (QED) is 0.428. The lowest BCUT2D eigenvalue weighted by molar-refractivity contribution is -0.385. The lowest BCUT2D eigenvalue weighted by Crippen LogP contribution is -1.96. The smallest absolute Gasteiger partial charge is 0.312 e. The van der Waals surface area contributed by atoms with Gasteiger partial charge in [0.15, 0.2) is 5.15 Å². The second-order valence-corrected chi connectivity index (χ2v) is 5.32. The molecule has 0 aliphatic carbocycles. The van der Waals surface area contributed by atoms with Crippen LogP contribution in [-0.2, 0) is 0 Å². The average molecular weight is 409 g/mol. The zero-order chi connectivity index (χ0) is 14.0. The molecule has 0 atom stereocenters. The van der Waals surface area contributed by atoms with Crippen LogP contribution in [0.4, 0.5) is 5.69 Å². The minimum Gasteiger partial charge on any atom is -0.430 e. The molecule has 0 N–H and O–H groups in total. The first-order valence-corrected chi connectivity index (χ1v) is 6.73. The molecule has 1 aromatic carbocycles. The molecule has 2 rings (SSSR count). The molecule has 0 amide bonds. The summed E-state index contributed by atoms with van der Waals surface area (Å²) in [6.07, 6.45) is 1.20. The molecule has 1 aromatic heterocycles. The summed E-state index contributed by atoms with van der Waals surface area (Å²) in [5.41, 5.74) is -0.184. The van der Waals surface area contributed by atoms with Gasteiger partial charge >= 0.3 is 5.69 Å². The summed E-state index contributed by atoms with van der Waals surface area (Å²) in [7, 11) is 0. The third kappa shape index (κ3) is 3.20. The Morgan fingerprint density at radius 3 is 2.74 bits per heavy atom. The van der Waals surface area contributed by atoms with Crippen molar-refractivity contribution in [2.75, 3.05) is 0 Å². The molecular weight excluding hydrogens is 405 g/mol. The Balaban J connectivity index is 2.44. The average Bonchev–Trinajstić information content (AvgIpc) is 2.36. The fourth-order valence-electron chi connectivity index (χ4n) is 1.23. The topological polar surface area (TPSA) is 78.2 Å². The van der Waals surface area contributed by atoms with E-state index >= 15 is 0 Å². The Morgan fingerprint density at radius 2 is 2.05 bits per heavy atom. The molecule has 6 nitrogen and oxygen atoms in total. The largest absolute Gasteiger partial charge is 0.430 e. The standard InChI is InChI=1S/C10H4Br2ClN3O3/c11-5-1-2-7(6(3-5)16(17)18)19-10-8(12)9(13)14-4-15-10/h1-4H. The van der Waals surface area contributed by atoms with Gasteiger partial charge in [-0.3, -0.25) is 10.1 Å². The number of halogens is 3. The van der Waals surface area contributed by atoms with Crippen LogP contribution in [0.1, 0.15) is 0 Å². The van der Waals surface area contributed by atoms with Gasteiger partial charge in [0.25, 0.3) is 0 Å². The molecule has 0 saturated heterocycles. The maximum Gasteiger partial charge on any atom is 0.312 e. The van der Waals surface area contributed by atoms with Crippen molar-refractivity contribution in [1.29, 1.82) is 0 Å². The minimum absolute atomic E-state index is 0.0590. The summed E-state index contributed by atoms with van der Waals surface area (Å²) in [5, 5.41) is 11.1. The molecule has 0 saturated carbocycles. The van der Waals surface area contributed by atoms with Crippen LogP contribution in [0.25, 0.3) is 0 Å². The normalized spacial score (nSPS) is 10.3. The van der Waals surface area contributed by atoms with Gasteiger partial charge in [-0.25, -0.2) is 9.97 Å². The van der Waals surface area contributed by atoms with Crippen LogP contribution in [0.5, 0.6) is 11.6 Å². The van der Waals surface area contributed by atoms with Gasteiger partial charge in [0.05, 0.1) is 4.92 Å². The fraction of sp³-hybridized carbons (Fsp3) is 0. The van der Waals surface area contributed by atoms with Crippen molar-refractivity contribution in [1.82, 2.24) is 9.97 Å². The van der Waals surface area contributed by atoms with E-state index in [0.29, 0.717) is 8.95 Å². The maximum absolute atomic E-state index is 11.0. The van der Waals surface area contributed by atoms with E-state index in [1.165, 1.54) is 18.5 Å². The van der Waals surface area contributed by atoms with Gasteiger partial charge in [0.1, 0.15) is 10.8 Å². The van der Waals surface area contributed by atoms with Gasteiger partial charge in [-0.1, -0.05) is 27.5 Å². The SMILES string of the molecule is O=[N+]([O-])c1cc(Br)ccc1Oc1ncnc(Cl)c1Br. The van der Waals surface area contributed by atoms with Crippen molar-refractivity contribution < 1.29 is 9.66 Å². The third-order valence-corrected chi connectivity index (χ3v) is 3.76. The van der Waals surface area contributed by atoms with E-state index in [1.807, 2.05) is 0 Å². The number of nitrogens with zero attached hydrogens (tertiary/aromatic N) is 3. The summed E-state index contributed by atoms with van der Waals surface area (Å²) in [5.74, 6) is 0.161. The van der Waals surface area contributed by atoms with E-state index in [0.717, 1.165) is 0 Å². The van der Waals surface area contributed by atoms with Gasteiger partial charge in [0, 0.05) is 10.5 Å². The Bertz CT molecular complexity index is 654. The molecule has 0 fully saturated rings. The second-order valence-electron chi connectivity index (χ2n) is 3.25. The maximum atomic E-state index is 11.0. The monoisotopic (exact) mass is 407 g/mol. The Kier molecular flexibility index (Phi) is 4.33. The first-order chi connectivity index (χ1) is 8.99. The molecule has 0 aliphatic rings. The number of nitro benzene ring substituents is 1. The van der Waals surface area contributed by atoms with Gasteiger partial charge in [0.2, 0.25) is 11.6 Å². The van der Waals surface area contributed by atoms with Crippen LogP contribution in [0.2, 0.25) is 5.15 Å². The molecule has 0 aliphatic heterocycles. The molecule has 1 heterocycles. The molecule has 0 bridgehead atoms. The number of hydrogen-bond donors (Lipinski definition) is 0. The highest BCUT2D eigenvalue weighted by molar-refractivity contribution is 9.10. The Hall–Kier alpha value is -1.25. The molecule has 0 spiro atoms. The van der Waals surface area contributed by atoms with Crippen LogP contribution in [-0.4, -0.2) is 14.9 Å². The summed E-state index contributed by atoms with van der Waals surface area (Å²) < 4.78 is 6.30. The predicted octanol–water partition coefficient (Wildman–Crippen LogP) is 4.36. The third-order valence-electron chi connectivity index (χ3n) is 2.04. The second kappa shape index (κ2) is 5.81. The molecule has 0 unspecified atom stereocenters. The number of ether oxygens (including phenoxy) is 1. The fourth-order valence-corrected chi connectivity index (χ4v) is 1.99. The Labute approximate surface area is 129 Å². The van der Waals surface area contributed by atoms with E-state index in [-0.39, 0.29) is 22.5 Å². The van der Waals surface area contributed by atoms with E-state index < -0.39 is 4.92 Å². The summed E-state index contributed by atoms with van der Waals surface area (Å²) in [4.78, 5) is 18.0. The number of aromatic nitrogens is 2. The molecule has 2 aromatic rings. The van der Waals surface area contributed by atoms with Crippen LogP contribution in [0.15, 0.2) is 33.5 Å². The van der Waals surface area contributed by atoms with Crippen molar-refractivity contribution in [3.05, 3.63) is 48.7 Å². The summed E-state index contributed by atoms with van der Waals surface area (Å²) >= 11 is 12.1.